The van der Waals surface area contributed by atoms with Crippen LogP contribution in [0.1, 0.15) is 32.1 Å². The van der Waals surface area contributed by atoms with Crippen molar-refractivity contribution in [3.05, 3.63) is 65.1 Å². The van der Waals surface area contributed by atoms with Crippen molar-refractivity contribution in [3.8, 4) is 0 Å². The van der Waals surface area contributed by atoms with Gasteiger partial charge in [-0.2, -0.15) is 0 Å². The molecule has 148 valence electrons. The Labute approximate surface area is 167 Å². The maximum Gasteiger partial charge on any atom is 0.269 e. The molecule has 3 aromatic rings. The molecule has 29 heavy (non-hydrogen) atoms. The SMILES string of the molecule is CNC(=O)c1cc(C(=O)N[C@H]2[C@@H]3COC[C@@H]32)cc(Cc2cccc3[nH]ccc23)n1. The molecule has 0 spiro atoms. The number of nitrogens with one attached hydrogen (secondary N) is 3. The summed E-state index contributed by atoms with van der Waals surface area (Å²) in [7, 11) is 1.56. The van der Waals surface area contributed by atoms with E-state index >= 15 is 0 Å². The molecule has 7 nitrogen and oxygen atoms in total. The Morgan fingerprint density at radius 3 is 2.79 bits per heavy atom. The first-order valence-electron chi connectivity index (χ1n) is 9.80. The predicted molar refractivity (Wildman–Crippen MR) is 108 cm³/mol. The number of amides is 2. The Bertz CT molecular complexity index is 1100. The van der Waals surface area contributed by atoms with E-state index in [2.05, 4.69) is 20.6 Å². The van der Waals surface area contributed by atoms with Gasteiger partial charge in [-0.3, -0.25) is 9.59 Å². The summed E-state index contributed by atoms with van der Waals surface area (Å²) in [6.07, 6.45) is 2.43. The Kier molecular flexibility index (Phi) is 4.32. The molecule has 1 aromatic carbocycles. The molecular weight excluding hydrogens is 368 g/mol. The number of benzene rings is 1. The zero-order valence-electron chi connectivity index (χ0n) is 16.1. The van der Waals surface area contributed by atoms with E-state index in [1.807, 2.05) is 30.5 Å². The Morgan fingerprint density at radius 2 is 2.00 bits per heavy atom. The summed E-state index contributed by atoms with van der Waals surface area (Å²) in [6.45, 7) is 1.42. The fraction of sp³-hybridized carbons (Fsp3) is 0.318. The molecule has 3 heterocycles. The summed E-state index contributed by atoms with van der Waals surface area (Å²) in [5.41, 5.74) is 3.52. The number of hydrogen-bond donors (Lipinski definition) is 3. The molecule has 5 rings (SSSR count). The van der Waals surface area contributed by atoms with Crippen molar-refractivity contribution in [1.29, 1.82) is 0 Å². The monoisotopic (exact) mass is 390 g/mol. The minimum Gasteiger partial charge on any atom is -0.381 e. The zero-order chi connectivity index (χ0) is 20.0. The number of hydrogen-bond acceptors (Lipinski definition) is 4. The van der Waals surface area contributed by atoms with Crippen LogP contribution in [0, 0.1) is 11.8 Å². The van der Waals surface area contributed by atoms with Gasteiger partial charge in [0.25, 0.3) is 11.8 Å². The molecule has 0 unspecified atom stereocenters. The van der Waals surface area contributed by atoms with E-state index in [-0.39, 0.29) is 23.6 Å². The van der Waals surface area contributed by atoms with Crippen LogP contribution in [0.25, 0.3) is 10.9 Å². The number of ether oxygens (including phenoxy) is 1. The van der Waals surface area contributed by atoms with Gasteiger partial charge in [-0.1, -0.05) is 12.1 Å². The van der Waals surface area contributed by atoms with E-state index in [9.17, 15) is 9.59 Å². The van der Waals surface area contributed by atoms with Gasteiger partial charge in [0.05, 0.1) is 13.2 Å². The molecule has 2 fully saturated rings. The fourth-order valence-corrected chi connectivity index (χ4v) is 4.24. The van der Waals surface area contributed by atoms with Crippen LogP contribution in [-0.4, -0.2) is 48.1 Å². The molecule has 0 bridgehead atoms. The number of aromatic amines is 1. The maximum absolute atomic E-state index is 12.8. The first-order chi connectivity index (χ1) is 14.1. The van der Waals surface area contributed by atoms with Gasteiger partial charge in [-0.15, -0.1) is 0 Å². The minimum absolute atomic E-state index is 0.168. The summed E-state index contributed by atoms with van der Waals surface area (Å²) in [5, 5.41) is 6.79. The Morgan fingerprint density at radius 1 is 1.17 bits per heavy atom. The maximum atomic E-state index is 12.8. The number of rotatable bonds is 5. The number of aromatic nitrogens is 2. The first-order valence-corrected chi connectivity index (χ1v) is 9.80. The van der Waals surface area contributed by atoms with Gasteiger partial charge < -0.3 is 20.4 Å². The zero-order valence-corrected chi connectivity index (χ0v) is 16.1. The third kappa shape index (κ3) is 3.27. The van der Waals surface area contributed by atoms with E-state index in [4.69, 9.17) is 4.74 Å². The normalized spacial score (nSPS) is 22.3. The van der Waals surface area contributed by atoms with Crippen molar-refractivity contribution >= 4 is 22.7 Å². The van der Waals surface area contributed by atoms with Crippen LogP contribution in [0.15, 0.2) is 42.6 Å². The number of carbonyl (C=O) groups excluding carboxylic acids is 2. The molecule has 3 atom stereocenters. The molecule has 3 N–H and O–H groups in total. The average molecular weight is 390 g/mol. The van der Waals surface area contributed by atoms with Crippen molar-refractivity contribution in [2.45, 2.75) is 12.5 Å². The Hall–Kier alpha value is -3.19. The van der Waals surface area contributed by atoms with Gasteiger partial charge in [-0.25, -0.2) is 4.98 Å². The molecule has 2 aromatic heterocycles. The molecule has 0 radical (unpaired) electrons. The van der Waals surface area contributed by atoms with Crippen LogP contribution in [0.4, 0.5) is 0 Å². The van der Waals surface area contributed by atoms with E-state index < -0.39 is 0 Å². The second-order valence-electron chi connectivity index (χ2n) is 7.71. The highest BCUT2D eigenvalue weighted by atomic mass is 16.5. The first kappa shape index (κ1) is 17.9. The van der Waals surface area contributed by atoms with Crippen LogP contribution in [0.5, 0.6) is 0 Å². The van der Waals surface area contributed by atoms with Crippen LogP contribution >= 0.6 is 0 Å². The van der Waals surface area contributed by atoms with Gasteiger partial charge in [0.15, 0.2) is 0 Å². The van der Waals surface area contributed by atoms with Gasteiger partial charge in [0.1, 0.15) is 5.69 Å². The number of carbonyl (C=O) groups is 2. The van der Waals surface area contributed by atoms with Crippen molar-refractivity contribution in [1.82, 2.24) is 20.6 Å². The summed E-state index contributed by atoms with van der Waals surface area (Å²) in [5.74, 6) is 0.366. The van der Waals surface area contributed by atoms with Crippen molar-refractivity contribution < 1.29 is 14.3 Å². The number of H-pyrrole nitrogens is 1. The summed E-state index contributed by atoms with van der Waals surface area (Å²) in [4.78, 5) is 32.8. The minimum atomic E-state index is -0.308. The van der Waals surface area contributed by atoms with Crippen molar-refractivity contribution in [3.63, 3.8) is 0 Å². The number of pyridine rings is 1. The highest BCUT2D eigenvalue weighted by molar-refractivity contribution is 5.99. The number of nitrogens with zero attached hydrogens (tertiary/aromatic N) is 1. The predicted octanol–water partition coefficient (Wildman–Crippen LogP) is 1.89. The summed E-state index contributed by atoms with van der Waals surface area (Å²) in [6, 6.07) is 11.6. The van der Waals surface area contributed by atoms with Crippen LogP contribution in [-0.2, 0) is 11.2 Å². The lowest BCUT2D eigenvalue weighted by atomic mass is 10.0. The quantitative estimate of drug-likeness (QED) is 0.620. The largest absolute Gasteiger partial charge is 0.381 e. The number of fused-ring (bicyclic) bond motifs is 2. The molecule has 1 saturated heterocycles. The lowest BCUT2D eigenvalue weighted by Crippen LogP contribution is -2.30. The second-order valence-corrected chi connectivity index (χ2v) is 7.71. The molecule has 2 aliphatic rings. The van der Waals surface area contributed by atoms with Crippen molar-refractivity contribution in [2.75, 3.05) is 20.3 Å². The Balaban J connectivity index is 1.44. The lowest BCUT2D eigenvalue weighted by molar-refractivity contribution is 0.0928. The highest BCUT2D eigenvalue weighted by Crippen LogP contribution is 2.44. The van der Waals surface area contributed by atoms with E-state index in [1.54, 1.807) is 19.2 Å². The van der Waals surface area contributed by atoms with Crippen molar-refractivity contribution in [2.24, 2.45) is 11.8 Å². The molecular formula is C22H22N4O3. The van der Waals surface area contributed by atoms with Gasteiger partial charge in [0.2, 0.25) is 0 Å². The standard InChI is InChI=1S/C22H22N4O3/c1-23-22(28)19-9-13(21(27)26-20-16-10-29-11-17(16)20)8-14(25-19)7-12-3-2-4-18-15(12)5-6-24-18/h2-6,8-9,16-17,20,24H,7,10-11H2,1H3,(H,23,28)(H,26,27)/t16-,17+,20+. The molecule has 2 amide bonds. The van der Waals surface area contributed by atoms with E-state index in [0.29, 0.717) is 42.7 Å². The fourth-order valence-electron chi connectivity index (χ4n) is 4.24. The highest BCUT2D eigenvalue weighted by Gasteiger charge is 2.54. The van der Waals surface area contributed by atoms with Crippen LogP contribution in [0.2, 0.25) is 0 Å². The smallest absolute Gasteiger partial charge is 0.269 e. The topological polar surface area (TPSA) is 96.1 Å². The van der Waals surface area contributed by atoms with E-state index in [1.165, 1.54) is 0 Å². The third-order valence-electron chi connectivity index (χ3n) is 5.91. The van der Waals surface area contributed by atoms with Gasteiger partial charge >= 0.3 is 0 Å². The van der Waals surface area contributed by atoms with Gasteiger partial charge in [0, 0.05) is 59.7 Å². The molecule has 1 aliphatic heterocycles. The van der Waals surface area contributed by atoms with Crippen LogP contribution in [0.3, 0.4) is 0 Å². The lowest BCUT2D eigenvalue weighted by Gasteiger charge is -2.11. The third-order valence-corrected chi connectivity index (χ3v) is 5.91. The van der Waals surface area contributed by atoms with Gasteiger partial charge in [-0.05, 0) is 29.8 Å². The summed E-state index contributed by atoms with van der Waals surface area (Å²) >= 11 is 0. The molecule has 7 heteroatoms. The van der Waals surface area contributed by atoms with Crippen LogP contribution < -0.4 is 10.6 Å². The summed E-state index contributed by atoms with van der Waals surface area (Å²) < 4.78 is 5.39. The molecule has 1 aliphatic carbocycles. The average Bonchev–Trinajstić information content (AvgIpc) is 3.14. The molecule has 1 saturated carbocycles. The van der Waals surface area contributed by atoms with E-state index in [0.717, 1.165) is 16.5 Å². The second kappa shape index (κ2) is 7.00.